The van der Waals surface area contributed by atoms with Crippen LogP contribution in [0.5, 0.6) is 0 Å². The average Bonchev–Trinajstić information content (AvgIpc) is 2.51. The number of hydrazone groups is 1. The number of nitro groups is 1. The van der Waals surface area contributed by atoms with E-state index in [1.807, 2.05) is 13.8 Å². The molecule has 2 aromatic rings. The number of nitro benzene ring substituents is 1. The predicted octanol–water partition coefficient (Wildman–Crippen LogP) is 3.60. The molecule has 0 aliphatic rings. The molecule has 8 heteroatoms. The molecule has 0 saturated carbocycles. The van der Waals surface area contributed by atoms with E-state index in [4.69, 9.17) is 0 Å². The molecule has 0 bridgehead atoms. The molecule has 7 nitrogen and oxygen atoms in total. The summed E-state index contributed by atoms with van der Waals surface area (Å²) in [5, 5.41) is 14.8. The lowest BCUT2D eigenvalue weighted by molar-refractivity contribution is -0.384. The summed E-state index contributed by atoms with van der Waals surface area (Å²) in [5.74, 6) is 1.29. The largest absolute Gasteiger partial charge is 0.269 e. The Morgan fingerprint density at radius 1 is 1.29 bits per heavy atom. The number of aryl methyl sites for hydroxylation is 2. The SMILES string of the molecule is C=CCc1c(C)nc(C)nc1N/N=C/c1ccc([N+](=O)[O-])cc1.Cl. The standard InChI is InChI=1S/C16H17N5O2.ClH/c1-4-5-15-11(2)18-12(3)19-16(15)20-17-10-13-6-8-14(9-7-13)21(22)23;/h4,6-10H,1,5H2,2-3H3,(H,18,19,20);1H/b17-10+;. The highest BCUT2D eigenvalue weighted by molar-refractivity contribution is 5.85. The van der Waals surface area contributed by atoms with Crippen LogP contribution in [0, 0.1) is 24.0 Å². The van der Waals surface area contributed by atoms with E-state index in [9.17, 15) is 10.1 Å². The van der Waals surface area contributed by atoms with Gasteiger partial charge < -0.3 is 0 Å². The highest BCUT2D eigenvalue weighted by Crippen LogP contribution is 2.17. The zero-order valence-corrected chi connectivity index (χ0v) is 14.2. The summed E-state index contributed by atoms with van der Waals surface area (Å²) >= 11 is 0. The van der Waals surface area contributed by atoms with E-state index in [1.165, 1.54) is 12.1 Å². The number of nitrogens with one attached hydrogen (secondary N) is 1. The maximum atomic E-state index is 10.6. The van der Waals surface area contributed by atoms with Gasteiger partial charge in [-0.2, -0.15) is 5.10 Å². The highest BCUT2D eigenvalue weighted by Gasteiger charge is 2.08. The number of halogens is 1. The van der Waals surface area contributed by atoms with Crippen LogP contribution in [0.1, 0.15) is 22.6 Å². The topological polar surface area (TPSA) is 93.3 Å². The van der Waals surface area contributed by atoms with Crippen LogP contribution in [0.25, 0.3) is 0 Å². The predicted molar refractivity (Wildman–Crippen MR) is 97.0 cm³/mol. The third kappa shape index (κ3) is 4.85. The number of anilines is 1. The summed E-state index contributed by atoms with van der Waals surface area (Å²) in [6.45, 7) is 7.46. The van der Waals surface area contributed by atoms with Crippen LogP contribution in [-0.2, 0) is 6.42 Å². The summed E-state index contributed by atoms with van der Waals surface area (Å²) in [7, 11) is 0. The second kappa shape index (κ2) is 8.73. The number of nitrogens with zero attached hydrogens (tertiary/aromatic N) is 4. The molecule has 1 N–H and O–H groups in total. The van der Waals surface area contributed by atoms with Crippen molar-refractivity contribution in [2.75, 3.05) is 5.43 Å². The van der Waals surface area contributed by atoms with Crippen molar-refractivity contribution in [1.82, 2.24) is 9.97 Å². The maximum absolute atomic E-state index is 10.6. The number of aromatic nitrogens is 2. The molecule has 0 amide bonds. The lowest BCUT2D eigenvalue weighted by atomic mass is 10.1. The van der Waals surface area contributed by atoms with Crippen molar-refractivity contribution in [2.24, 2.45) is 5.10 Å². The second-order valence-corrected chi connectivity index (χ2v) is 4.89. The van der Waals surface area contributed by atoms with E-state index in [-0.39, 0.29) is 18.1 Å². The first-order chi connectivity index (χ1) is 11.0. The third-order valence-corrected chi connectivity index (χ3v) is 3.16. The van der Waals surface area contributed by atoms with Gasteiger partial charge in [0.25, 0.3) is 5.69 Å². The molecule has 0 unspecified atom stereocenters. The lowest BCUT2D eigenvalue weighted by Crippen LogP contribution is -2.05. The van der Waals surface area contributed by atoms with Crippen LogP contribution in [0.3, 0.4) is 0 Å². The molecule has 0 radical (unpaired) electrons. The molecular formula is C16H18ClN5O2. The molecule has 0 aliphatic carbocycles. The molecule has 1 heterocycles. The van der Waals surface area contributed by atoms with E-state index >= 15 is 0 Å². The van der Waals surface area contributed by atoms with Crippen molar-refractivity contribution in [3.63, 3.8) is 0 Å². The van der Waals surface area contributed by atoms with Gasteiger partial charge in [0.2, 0.25) is 0 Å². The summed E-state index contributed by atoms with van der Waals surface area (Å²) < 4.78 is 0. The number of hydrogen-bond acceptors (Lipinski definition) is 6. The second-order valence-electron chi connectivity index (χ2n) is 4.89. The van der Waals surface area contributed by atoms with Gasteiger partial charge in [-0.1, -0.05) is 6.08 Å². The molecule has 0 fully saturated rings. The normalized spacial score (nSPS) is 10.2. The van der Waals surface area contributed by atoms with E-state index in [0.717, 1.165) is 16.8 Å². The number of hydrogen-bond donors (Lipinski definition) is 1. The smallest absolute Gasteiger partial charge is 0.261 e. The Morgan fingerprint density at radius 3 is 2.54 bits per heavy atom. The molecule has 1 aromatic carbocycles. The quantitative estimate of drug-likeness (QED) is 0.373. The van der Waals surface area contributed by atoms with Crippen LogP contribution < -0.4 is 5.43 Å². The molecule has 24 heavy (non-hydrogen) atoms. The average molecular weight is 348 g/mol. The van der Waals surface area contributed by atoms with Gasteiger partial charge in [0.15, 0.2) is 5.82 Å². The van der Waals surface area contributed by atoms with Crippen molar-refractivity contribution < 1.29 is 4.92 Å². The van der Waals surface area contributed by atoms with Crippen LogP contribution in [0.15, 0.2) is 42.0 Å². The Labute approximate surface area is 146 Å². The van der Waals surface area contributed by atoms with E-state index in [1.54, 1.807) is 24.4 Å². The Morgan fingerprint density at radius 2 is 1.96 bits per heavy atom. The van der Waals surface area contributed by atoms with Crippen molar-refractivity contribution in [2.45, 2.75) is 20.3 Å². The highest BCUT2D eigenvalue weighted by atomic mass is 35.5. The van der Waals surface area contributed by atoms with Crippen LogP contribution in [0.4, 0.5) is 11.5 Å². The zero-order chi connectivity index (χ0) is 16.8. The molecule has 0 saturated heterocycles. The number of allylic oxidation sites excluding steroid dienone is 1. The Balaban J connectivity index is 0.00000288. The fourth-order valence-electron chi connectivity index (χ4n) is 2.07. The molecular weight excluding hydrogens is 330 g/mol. The third-order valence-electron chi connectivity index (χ3n) is 3.16. The van der Waals surface area contributed by atoms with Gasteiger partial charge in [0.05, 0.1) is 11.1 Å². The minimum absolute atomic E-state index is 0. The minimum Gasteiger partial charge on any atom is -0.261 e. The molecule has 126 valence electrons. The molecule has 0 aliphatic heterocycles. The summed E-state index contributed by atoms with van der Waals surface area (Å²) in [6.07, 6.45) is 4.00. The van der Waals surface area contributed by atoms with Gasteiger partial charge in [0.1, 0.15) is 5.82 Å². The molecule has 2 rings (SSSR count). The van der Waals surface area contributed by atoms with Crippen molar-refractivity contribution >= 4 is 30.1 Å². The molecule has 0 atom stereocenters. The van der Waals surface area contributed by atoms with E-state index in [0.29, 0.717) is 18.1 Å². The van der Waals surface area contributed by atoms with Crippen LogP contribution >= 0.6 is 12.4 Å². The van der Waals surface area contributed by atoms with Gasteiger partial charge in [0, 0.05) is 23.4 Å². The van der Waals surface area contributed by atoms with Gasteiger partial charge in [-0.3, -0.25) is 15.5 Å². The fourth-order valence-corrected chi connectivity index (χ4v) is 2.07. The van der Waals surface area contributed by atoms with Gasteiger partial charge >= 0.3 is 0 Å². The fraction of sp³-hybridized carbons (Fsp3) is 0.188. The van der Waals surface area contributed by atoms with Crippen molar-refractivity contribution in [1.29, 1.82) is 0 Å². The van der Waals surface area contributed by atoms with Crippen molar-refractivity contribution in [3.05, 3.63) is 69.7 Å². The van der Waals surface area contributed by atoms with Crippen LogP contribution in [0.2, 0.25) is 0 Å². The minimum atomic E-state index is -0.437. The lowest BCUT2D eigenvalue weighted by Gasteiger charge is -2.09. The van der Waals surface area contributed by atoms with Gasteiger partial charge in [-0.05, 0) is 38.0 Å². The summed E-state index contributed by atoms with van der Waals surface area (Å²) in [5.41, 5.74) is 5.51. The zero-order valence-electron chi connectivity index (χ0n) is 13.4. The first-order valence-corrected chi connectivity index (χ1v) is 7.00. The Bertz CT molecular complexity index is 760. The first kappa shape index (κ1) is 19.2. The van der Waals surface area contributed by atoms with Crippen LogP contribution in [-0.4, -0.2) is 21.1 Å². The van der Waals surface area contributed by atoms with Gasteiger partial charge in [-0.15, -0.1) is 19.0 Å². The van der Waals surface area contributed by atoms with E-state index < -0.39 is 4.92 Å². The van der Waals surface area contributed by atoms with Gasteiger partial charge in [-0.25, -0.2) is 9.97 Å². The van der Waals surface area contributed by atoms with Crippen molar-refractivity contribution in [3.8, 4) is 0 Å². The van der Waals surface area contributed by atoms with E-state index in [2.05, 4.69) is 27.1 Å². The Hall–Kier alpha value is -2.80. The maximum Gasteiger partial charge on any atom is 0.269 e. The first-order valence-electron chi connectivity index (χ1n) is 7.00. The summed E-state index contributed by atoms with van der Waals surface area (Å²) in [6, 6.07) is 6.13. The molecule has 1 aromatic heterocycles. The number of rotatable bonds is 6. The Kier molecular flexibility index (Phi) is 7.00. The number of benzene rings is 1. The number of non-ortho nitro benzene ring substituents is 1. The monoisotopic (exact) mass is 347 g/mol. The summed E-state index contributed by atoms with van der Waals surface area (Å²) in [4.78, 5) is 18.9. The molecule has 0 spiro atoms.